The van der Waals surface area contributed by atoms with Crippen LogP contribution in [0, 0.1) is 0 Å². The van der Waals surface area contributed by atoms with E-state index in [1.807, 2.05) is 35.2 Å². The molecule has 1 aliphatic heterocycles. The molecule has 0 spiro atoms. The second kappa shape index (κ2) is 9.83. The average molecular weight is 367 g/mol. The Morgan fingerprint density at radius 1 is 1.19 bits per heavy atom. The van der Waals surface area contributed by atoms with E-state index >= 15 is 0 Å². The van der Waals surface area contributed by atoms with Gasteiger partial charge in [0.15, 0.2) is 0 Å². The van der Waals surface area contributed by atoms with Crippen LogP contribution in [0.4, 0.5) is 0 Å². The van der Waals surface area contributed by atoms with Crippen molar-refractivity contribution in [3.8, 4) is 0 Å². The van der Waals surface area contributed by atoms with Crippen molar-refractivity contribution >= 4 is 11.8 Å². The summed E-state index contributed by atoms with van der Waals surface area (Å²) in [6.07, 6.45) is 5.84. The van der Waals surface area contributed by atoms with Crippen molar-refractivity contribution in [2.45, 2.75) is 31.9 Å². The molecule has 1 fully saturated rings. The number of benzene rings is 1. The third-order valence-electron chi connectivity index (χ3n) is 4.56. The second-order valence-electron chi connectivity index (χ2n) is 6.64. The highest BCUT2D eigenvalue weighted by atomic mass is 16.5. The van der Waals surface area contributed by atoms with Gasteiger partial charge in [-0.05, 0) is 36.6 Å². The molecule has 2 heterocycles. The molecule has 1 unspecified atom stereocenters. The summed E-state index contributed by atoms with van der Waals surface area (Å²) in [5.41, 5.74) is 1.58. The van der Waals surface area contributed by atoms with Gasteiger partial charge >= 0.3 is 0 Å². The molecule has 0 radical (unpaired) electrons. The first-order chi connectivity index (χ1) is 13.2. The lowest BCUT2D eigenvalue weighted by molar-refractivity contribution is -0.133. The summed E-state index contributed by atoms with van der Waals surface area (Å²) < 4.78 is 5.69. The summed E-state index contributed by atoms with van der Waals surface area (Å²) in [5, 5.41) is 2.81. The van der Waals surface area contributed by atoms with Crippen LogP contribution in [0.3, 0.4) is 0 Å². The average Bonchev–Trinajstić information content (AvgIpc) is 3.22. The van der Waals surface area contributed by atoms with Crippen LogP contribution in [-0.4, -0.2) is 47.5 Å². The van der Waals surface area contributed by atoms with Crippen LogP contribution in [0.5, 0.6) is 0 Å². The topological polar surface area (TPSA) is 71.5 Å². The molecule has 1 saturated heterocycles. The molecule has 0 aliphatic carbocycles. The number of hydrogen-bond donors (Lipinski definition) is 1. The van der Waals surface area contributed by atoms with Gasteiger partial charge in [0.25, 0.3) is 5.91 Å². The summed E-state index contributed by atoms with van der Waals surface area (Å²) in [7, 11) is 0. The van der Waals surface area contributed by atoms with Crippen LogP contribution < -0.4 is 5.32 Å². The lowest BCUT2D eigenvalue weighted by atomic mass is 10.2. The standard InChI is InChI=1S/C21H25N3O3/c25-20(10-12-23-21(26)18-7-2-1-3-8-18)24(16-19-9-5-13-27-19)15-17-6-4-11-22-14-17/h1-4,6-8,11,14,19H,5,9-10,12-13,15-16H2,(H,23,26). The number of amides is 2. The third-order valence-corrected chi connectivity index (χ3v) is 4.56. The number of ether oxygens (including phenoxy) is 1. The zero-order valence-corrected chi connectivity index (χ0v) is 15.3. The van der Waals surface area contributed by atoms with E-state index in [1.165, 1.54) is 0 Å². The molecular formula is C21H25N3O3. The molecule has 1 N–H and O–H groups in total. The Labute approximate surface area is 159 Å². The normalized spacial score (nSPS) is 16.1. The third kappa shape index (κ3) is 5.89. The van der Waals surface area contributed by atoms with E-state index in [2.05, 4.69) is 10.3 Å². The first-order valence-corrected chi connectivity index (χ1v) is 9.34. The Bertz CT molecular complexity index is 731. The van der Waals surface area contributed by atoms with Crippen molar-refractivity contribution in [1.29, 1.82) is 0 Å². The zero-order chi connectivity index (χ0) is 18.9. The van der Waals surface area contributed by atoms with Crippen molar-refractivity contribution in [1.82, 2.24) is 15.2 Å². The van der Waals surface area contributed by atoms with Crippen molar-refractivity contribution in [3.05, 3.63) is 66.0 Å². The van der Waals surface area contributed by atoms with Gasteiger partial charge < -0.3 is 15.0 Å². The summed E-state index contributed by atoms with van der Waals surface area (Å²) in [6, 6.07) is 12.8. The maximum absolute atomic E-state index is 12.8. The molecule has 27 heavy (non-hydrogen) atoms. The van der Waals surface area contributed by atoms with Crippen molar-refractivity contribution < 1.29 is 14.3 Å². The summed E-state index contributed by atoms with van der Waals surface area (Å²) in [4.78, 5) is 30.8. The highest BCUT2D eigenvalue weighted by Gasteiger charge is 2.22. The molecule has 1 aliphatic rings. The number of aromatic nitrogens is 1. The highest BCUT2D eigenvalue weighted by molar-refractivity contribution is 5.94. The van der Waals surface area contributed by atoms with E-state index in [0.717, 1.165) is 25.0 Å². The fourth-order valence-electron chi connectivity index (χ4n) is 3.13. The van der Waals surface area contributed by atoms with Gasteiger partial charge in [-0.3, -0.25) is 14.6 Å². The molecule has 1 aromatic heterocycles. The largest absolute Gasteiger partial charge is 0.376 e. The van der Waals surface area contributed by atoms with Gasteiger partial charge in [0.2, 0.25) is 5.91 Å². The van der Waals surface area contributed by atoms with Crippen LogP contribution in [0.2, 0.25) is 0 Å². The van der Waals surface area contributed by atoms with Crippen molar-refractivity contribution in [2.75, 3.05) is 19.7 Å². The molecule has 6 nitrogen and oxygen atoms in total. The molecule has 6 heteroatoms. The molecule has 142 valence electrons. The van der Waals surface area contributed by atoms with Crippen LogP contribution in [0.1, 0.15) is 35.2 Å². The van der Waals surface area contributed by atoms with Gasteiger partial charge in [0.05, 0.1) is 6.10 Å². The molecule has 2 aromatic rings. The Morgan fingerprint density at radius 3 is 2.74 bits per heavy atom. The predicted octanol–water partition coefficient (Wildman–Crippen LogP) is 2.41. The number of carbonyl (C=O) groups is 2. The molecule has 3 rings (SSSR count). The fraction of sp³-hybridized carbons (Fsp3) is 0.381. The number of hydrogen-bond acceptors (Lipinski definition) is 4. The zero-order valence-electron chi connectivity index (χ0n) is 15.3. The summed E-state index contributed by atoms with van der Waals surface area (Å²) in [6.45, 7) is 2.13. The van der Waals surface area contributed by atoms with E-state index in [-0.39, 0.29) is 24.3 Å². The van der Waals surface area contributed by atoms with E-state index in [0.29, 0.717) is 25.2 Å². The van der Waals surface area contributed by atoms with Gasteiger partial charge in [0.1, 0.15) is 0 Å². The molecule has 0 saturated carbocycles. The minimum atomic E-state index is -0.165. The molecule has 1 aromatic carbocycles. The van der Waals surface area contributed by atoms with Gasteiger partial charge in [-0.2, -0.15) is 0 Å². The molecule has 2 amide bonds. The van der Waals surface area contributed by atoms with Crippen LogP contribution in [0.15, 0.2) is 54.9 Å². The van der Waals surface area contributed by atoms with Gasteiger partial charge in [-0.25, -0.2) is 0 Å². The Balaban J connectivity index is 1.54. The summed E-state index contributed by atoms with van der Waals surface area (Å²) >= 11 is 0. The van der Waals surface area contributed by atoms with E-state index in [4.69, 9.17) is 4.74 Å². The Kier molecular flexibility index (Phi) is 6.93. The summed E-state index contributed by atoms with van der Waals surface area (Å²) in [5.74, 6) is -0.163. The Hall–Kier alpha value is -2.73. The monoisotopic (exact) mass is 367 g/mol. The maximum Gasteiger partial charge on any atom is 0.251 e. The molecule has 1 atom stereocenters. The van der Waals surface area contributed by atoms with Crippen LogP contribution in [0.25, 0.3) is 0 Å². The molecule has 0 bridgehead atoms. The second-order valence-corrected chi connectivity index (χ2v) is 6.64. The smallest absolute Gasteiger partial charge is 0.251 e. The van der Waals surface area contributed by atoms with Gasteiger partial charge in [-0.15, -0.1) is 0 Å². The lowest BCUT2D eigenvalue weighted by Crippen LogP contribution is -2.38. The first-order valence-electron chi connectivity index (χ1n) is 9.34. The van der Waals surface area contributed by atoms with E-state index in [1.54, 1.807) is 24.5 Å². The van der Waals surface area contributed by atoms with Gasteiger partial charge in [0, 0.05) is 50.6 Å². The minimum absolute atomic E-state index is 0.00251. The number of carbonyl (C=O) groups excluding carboxylic acids is 2. The van der Waals surface area contributed by atoms with Crippen molar-refractivity contribution in [2.24, 2.45) is 0 Å². The maximum atomic E-state index is 12.8. The first kappa shape index (κ1) is 19.0. The van der Waals surface area contributed by atoms with Crippen molar-refractivity contribution in [3.63, 3.8) is 0 Å². The van der Waals surface area contributed by atoms with Crippen LogP contribution >= 0.6 is 0 Å². The number of nitrogens with zero attached hydrogens (tertiary/aromatic N) is 2. The number of nitrogens with one attached hydrogen (secondary N) is 1. The number of rotatable bonds is 8. The lowest BCUT2D eigenvalue weighted by Gasteiger charge is -2.25. The van der Waals surface area contributed by atoms with Crippen LogP contribution in [-0.2, 0) is 16.1 Å². The minimum Gasteiger partial charge on any atom is -0.376 e. The molecular weight excluding hydrogens is 342 g/mol. The highest BCUT2D eigenvalue weighted by Crippen LogP contribution is 2.15. The van der Waals surface area contributed by atoms with E-state index < -0.39 is 0 Å². The predicted molar refractivity (Wildman–Crippen MR) is 102 cm³/mol. The number of pyridine rings is 1. The SMILES string of the molecule is O=C(NCCC(=O)N(Cc1cccnc1)CC1CCCO1)c1ccccc1. The Morgan fingerprint density at radius 2 is 2.04 bits per heavy atom. The fourth-order valence-corrected chi connectivity index (χ4v) is 3.13. The van der Waals surface area contributed by atoms with E-state index in [9.17, 15) is 9.59 Å². The quantitative estimate of drug-likeness (QED) is 0.778. The van der Waals surface area contributed by atoms with Gasteiger partial charge in [-0.1, -0.05) is 24.3 Å².